The van der Waals surface area contributed by atoms with Crippen LogP contribution in [-0.2, 0) is 30.3 Å². The van der Waals surface area contributed by atoms with Crippen molar-refractivity contribution in [1.82, 2.24) is 14.9 Å². The second kappa shape index (κ2) is 9.67. The number of benzene rings is 1. The molecule has 2 aromatic rings. The number of esters is 2. The molecular formula is C23H27N3O6. The Morgan fingerprint density at radius 1 is 1.16 bits per heavy atom. The van der Waals surface area contributed by atoms with E-state index in [-0.39, 0.29) is 0 Å². The number of nitrogens with zero attached hydrogens (tertiary/aromatic N) is 2. The van der Waals surface area contributed by atoms with Crippen LogP contribution in [0.1, 0.15) is 44.7 Å². The Labute approximate surface area is 186 Å². The average molecular weight is 441 g/mol. The lowest BCUT2D eigenvalue weighted by Crippen LogP contribution is -2.46. The Bertz CT molecular complexity index is 970. The van der Waals surface area contributed by atoms with Crippen molar-refractivity contribution in [2.75, 3.05) is 6.79 Å². The van der Waals surface area contributed by atoms with Gasteiger partial charge in [0, 0.05) is 25.0 Å². The number of aromatic nitrogens is 2. The van der Waals surface area contributed by atoms with Crippen LogP contribution in [0.2, 0.25) is 0 Å². The molecule has 1 N–H and O–H groups in total. The number of hydrogen-bond acceptors (Lipinski definition) is 7. The molecule has 170 valence electrons. The molecule has 32 heavy (non-hydrogen) atoms. The lowest BCUT2D eigenvalue weighted by Gasteiger charge is -2.22. The molecule has 9 nitrogen and oxygen atoms in total. The third-order valence-electron chi connectivity index (χ3n) is 4.59. The van der Waals surface area contributed by atoms with Crippen LogP contribution in [0.15, 0.2) is 49.1 Å². The molecule has 1 amide bonds. The molecule has 0 unspecified atom stereocenters. The predicted octanol–water partition coefficient (Wildman–Crippen LogP) is 3.05. The maximum atomic E-state index is 12.2. The van der Waals surface area contributed by atoms with Crippen LogP contribution in [0.3, 0.4) is 0 Å². The van der Waals surface area contributed by atoms with Gasteiger partial charge in [0.1, 0.15) is 11.1 Å². The molecule has 3 rings (SSSR count). The molecule has 0 aliphatic heterocycles. The molecule has 0 bridgehead atoms. The zero-order valence-corrected chi connectivity index (χ0v) is 18.4. The minimum absolute atomic E-state index is 0.440. The summed E-state index contributed by atoms with van der Waals surface area (Å²) in [4.78, 5) is 40.0. The number of rotatable bonds is 8. The number of carbonyl (C=O) groups is 3. The topological polar surface area (TPSA) is 109 Å². The number of hydrogen-bond donors (Lipinski definition) is 1. The van der Waals surface area contributed by atoms with Gasteiger partial charge in [0.15, 0.2) is 0 Å². The average Bonchev–Trinajstić information content (AvgIpc) is 3.31. The fourth-order valence-electron chi connectivity index (χ4n) is 2.82. The number of alkyl carbamates (subject to hydrolysis) is 1. The van der Waals surface area contributed by atoms with E-state index < -0.39 is 36.0 Å². The Morgan fingerprint density at radius 2 is 1.88 bits per heavy atom. The van der Waals surface area contributed by atoms with Gasteiger partial charge in [0.25, 0.3) is 0 Å². The largest absolute Gasteiger partial charge is 0.444 e. The first-order chi connectivity index (χ1) is 15.2. The van der Waals surface area contributed by atoms with E-state index in [0.29, 0.717) is 19.4 Å². The Balaban J connectivity index is 1.39. The van der Waals surface area contributed by atoms with E-state index in [9.17, 15) is 14.4 Å². The fraction of sp³-hybridized carbons (Fsp3) is 0.391. The Kier molecular flexibility index (Phi) is 6.97. The number of nitrogens with one attached hydrogen (secondary N) is 1. The number of carbonyl (C=O) groups excluding carboxylic acids is 3. The summed E-state index contributed by atoms with van der Waals surface area (Å²) in [5, 5.41) is 2.53. The van der Waals surface area contributed by atoms with Crippen molar-refractivity contribution < 1.29 is 28.6 Å². The summed E-state index contributed by atoms with van der Waals surface area (Å²) < 4.78 is 17.0. The van der Waals surface area contributed by atoms with Crippen LogP contribution in [0.5, 0.6) is 0 Å². The SMILES string of the molecule is CC(C)(C)OC(=O)NC1(C(=O)OCOC(=O)/C=C/c2ccc(Cn3ccnc3)cc2)CC1. The van der Waals surface area contributed by atoms with Gasteiger partial charge in [-0.15, -0.1) is 0 Å². The van der Waals surface area contributed by atoms with Gasteiger partial charge in [-0.2, -0.15) is 0 Å². The van der Waals surface area contributed by atoms with Crippen molar-refractivity contribution in [3.8, 4) is 0 Å². The van der Waals surface area contributed by atoms with Gasteiger partial charge in [-0.25, -0.2) is 19.4 Å². The van der Waals surface area contributed by atoms with Crippen LogP contribution in [0.4, 0.5) is 4.79 Å². The first-order valence-corrected chi connectivity index (χ1v) is 10.2. The lowest BCUT2D eigenvalue weighted by atomic mass is 10.1. The Hall–Kier alpha value is -3.62. The molecule has 1 saturated carbocycles. The summed E-state index contributed by atoms with van der Waals surface area (Å²) in [5.41, 5.74) is 0.144. The predicted molar refractivity (Wildman–Crippen MR) is 115 cm³/mol. The van der Waals surface area contributed by atoms with E-state index in [1.807, 2.05) is 35.0 Å². The molecule has 0 radical (unpaired) electrons. The highest BCUT2D eigenvalue weighted by molar-refractivity contribution is 5.89. The van der Waals surface area contributed by atoms with Crippen molar-refractivity contribution in [3.05, 3.63) is 60.2 Å². The molecule has 1 aliphatic rings. The quantitative estimate of drug-likeness (QED) is 0.381. The van der Waals surface area contributed by atoms with E-state index in [1.54, 1.807) is 39.4 Å². The second-order valence-electron chi connectivity index (χ2n) is 8.53. The van der Waals surface area contributed by atoms with Crippen molar-refractivity contribution in [2.45, 2.75) is 51.3 Å². The highest BCUT2D eigenvalue weighted by Gasteiger charge is 2.53. The summed E-state index contributed by atoms with van der Waals surface area (Å²) in [6.45, 7) is 5.36. The summed E-state index contributed by atoms with van der Waals surface area (Å²) >= 11 is 0. The first-order valence-electron chi connectivity index (χ1n) is 10.2. The highest BCUT2D eigenvalue weighted by atomic mass is 16.7. The monoisotopic (exact) mass is 441 g/mol. The zero-order chi connectivity index (χ0) is 23.2. The summed E-state index contributed by atoms with van der Waals surface area (Å²) in [7, 11) is 0. The molecule has 1 aliphatic carbocycles. The van der Waals surface area contributed by atoms with E-state index in [1.165, 1.54) is 6.08 Å². The third kappa shape index (κ3) is 6.97. The van der Waals surface area contributed by atoms with Crippen LogP contribution in [0, 0.1) is 0 Å². The van der Waals surface area contributed by atoms with Crippen molar-refractivity contribution in [2.24, 2.45) is 0 Å². The fourth-order valence-corrected chi connectivity index (χ4v) is 2.82. The maximum Gasteiger partial charge on any atom is 0.408 e. The molecule has 0 saturated heterocycles. The van der Waals surface area contributed by atoms with Gasteiger partial charge in [0.2, 0.25) is 6.79 Å². The molecule has 1 aromatic heterocycles. The number of ether oxygens (including phenoxy) is 3. The molecule has 0 atom stereocenters. The van der Waals surface area contributed by atoms with Crippen LogP contribution in [0.25, 0.3) is 6.08 Å². The van der Waals surface area contributed by atoms with Crippen molar-refractivity contribution in [3.63, 3.8) is 0 Å². The normalized spacial score (nSPS) is 14.6. The minimum atomic E-state index is -1.11. The van der Waals surface area contributed by atoms with Gasteiger partial charge in [-0.3, -0.25) is 0 Å². The first kappa shape index (κ1) is 23.1. The van der Waals surface area contributed by atoms with Crippen LogP contribution < -0.4 is 5.32 Å². The summed E-state index contributed by atoms with van der Waals surface area (Å²) in [6.07, 6.45) is 8.41. The van der Waals surface area contributed by atoms with Gasteiger partial charge in [0.05, 0.1) is 6.33 Å². The molecule has 1 aromatic carbocycles. The van der Waals surface area contributed by atoms with E-state index in [0.717, 1.165) is 11.1 Å². The standard InChI is InChI=1S/C23H27N3O6/c1-22(2,3)32-21(29)25-23(10-11-23)20(28)31-16-30-19(27)9-8-17-4-6-18(7-5-17)14-26-13-12-24-15-26/h4-9,12-13,15H,10-11,14,16H2,1-3H3,(H,25,29)/b9-8+. The second-order valence-corrected chi connectivity index (χ2v) is 8.53. The van der Waals surface area contributed by atoms with Crippen LogP contribution in [-0.4, -0.2) is 45.5 Å². The molecule has 9 heteroatoms. The van der Waals surface area contributed by atoms with Gasteiger partial charge < -0.3 is 24.1 Å². The van der Waals surface area contributed by atoms with Gasteiger partial charge >= 0.3 is 18.0 Å². The minimum Gasteiger partial charge on any atom is -0.444 e. The van der Waals surface area contributed by atoms with Crippen molar-refractivity contribution >= 4 is 24.1 Å². The zero-order valence-electron chi connectivity index (χ0n) is 18.4. The Morgan fingerprint density at radius 3 is 2.47 bits per heavy atom. The van der Waals surface area contributed by atoms with E-state index in [2.05, 4.69) is 10.3 Å². The van der Waals surface area contributed by atoms with Gasteiger partial charge in [-0.05, 0) is 50.8 Å². The smallest absolute Gasteiger partial charge is 0.408 e. The molecule has 1 heterocycles. The molecule has 0 spiro atoms. The van der Waals surface area contributed by atoms with E-state index >= 15 is 0 Å². The highest BCUT2D eigenvalue weighted by Crippen LogP contribution is 2.37. The number of amides is 1. The maximum absolute atomic E-state index is 12.2. The van der Waals surface area contributed by atoms with Gasteiger partial charge in [-0.1, -0.05) is 24.3 Å². The summed E-state index contributed by atoms with van der Waals surface area (Å²) in [6, 6.07) is 7.68. The third-order valence-corrected chi connectivity index (χ3v) is 4.59. The lowest BCUT2D eigenvalue weighted by molar-refractivity contribution is -0.166. The number of imidazole rings is 1. The molecule has 1 fully saturated rings. The van der Waals surface area contributed by atoms with Crippen molar-refractivity contribution in [1.29, 1.82) is 0 Å². The summed E-state index contributed by atoms with van der Waals surface area (Å²) in [5.74, 6) is -1.31. The van der Waals surface area contributed by atoms with Crippen LogP contribution >= 0.6 is 0 Å². The van der Waals surface area contributed by atoms with E-state index in [4.69, 9.17) is 14.2 Å². The molecular weight excluding hydrogens is 414 g/mol.